The third kappa shape index (κ3) is 2.82. The molecule has 0 amide bonds. The summed E-state index contributed by atoms with van der Waals surface area (Å²) in [5.74, 6) is -0.110. The van der Waals surface area contributed by atoms with Gasteiger partial charge in [0.05, 0.1) is 5.88 Å². The number of ketones is 1. The van der Waals surface area contributed by atoms with Gasteiger partial charge in [0.25, 0.3) is 0 Å². The predicted octanol–water partition coefficient (Wildman–Crippen LogP) is 2.32. The van der Waals surface area contributed by atoms with Gasteiger partial charge in [-0.05, 0) is 11.6 Å². The highest BCUT2D eigenvalue weighted by Crippen LogP contribution is 2.07. The van der Waals surface area contributed by atoms with Crippen LogP contribution in [0.3, 0.4) is 0 Å². The van der Waals surface area contributed by atoms with Gasteiger partial charge in [-0.3, -0.25) is 9.59 Å². The second kappa shape index (κ2) is 5.35. The second-order valence-electron chi connectivity index (χ2n) is 2.67. The van der Waals surface area contributed by atoms with Gasteiger partial charge in [0.2, 0.25) is 0 Å². The van der Waals surface area contributed by atoms with Crippen LogP contribution in [0.2, 0.25) is 0 Å². The molecule has 0 radical (unpaired) electrons. The first kappa shape index (κ1) is 10.7. The van der Waals surface area contributed by atoms with Crippen LogP contribution in [0.1, 0.15) is 15.9 Å². The lowest BCUT2D eigenvalue weighted by Gasteiger charge is -1.97. The van der Waals surface area contributed by atoms with Gasteiger partial charge in [-0.15, -0.1) is 11.6 Å². The van der Waals surface area contributed by atoms with E-state index < -0.39 is 0 Å². The van der Waals surface area contributed by atoms with Gasteiger partial charge >= 0.3 is 0 Å². The molecule has 0 aliphatic carbocycles. The average Bonchev–Trinajstić information content (AvgIpc) is 2.26. The Morgan fingerprint density at radius 2 is 1.93 bits per heavy atom. The van der Waals surface area contributed by atoms with Crippen LogP contribution in [-0.4, -0.2) is 17.9 Å². The highest BCUT2D eigenvalue weighted by molar-refractivity contribution is 6.30. The van der Waals surface area contributed by atoms with Crippen molar-refractivity contribution >= 4 is 29.7 Å². The van der Waals surface area contributed by atoms with Crippen molar-refractivity contribution in [3.63, 3.8) is 0 Å². The van der Waals surface area contributed by atoms with Crippen molar-refractivity contribution in [3.8, 4) is 0 Å². The molecular weight excluding hydrogens is 200 g/mol. The number of alkyl halides is 1. The van der Waals surface area contributed by atoms with E-state index >= 15 is 0 Å². The Morgan fingerprint density at radius 1 is 1.29 bits per heavy atom. The summed E-state index contributed by atoms with van der Waals surface area (Å²) in [6.07, 6.45) is 3.78. The van der Waals surface area contributed by atoms with Crippen LogP contribution in [0.4, 0.5) is 0 Å². The Hall–Kier alpha value is -1.41. The fraction of sp³-hybridized carbons (Fsp3) is 0.0909. The van der Waals surface area contributed by atoms with E-state index in [1.807, 2.05) is 0 Å². The van der Waals surface area contributed by atoms with Crippen molar-refractivity contribution in [1.82, 2.24) is 0 Å². The fourth-order valence-electron chi connectivity index (χ4n) is 1.01. The van der Waals surface area contributed by atoms with Crippen molar-refractivity contribution in [3.05, 3.63) is 41.5 Å². The van der Waals surface area contributed by atoms with Crippen LogP contribution in [-0.2, 0) is 4.79 Å². The number of halogens is 1. The minimum atomic E-state index is -0.0995. The topological polar surface area (TPSA) is 34.1 Å². The number of hydrogen-bond acceptors (Lipinski definition) is 2. The number of carbonyl (C=O) groups excluding carboxylic acids is 2. The number of Topliss-reactive ketones (excluding diaryl/α,β-unsaturated/α-hetero) is 1. The van der Waals surface area contributed by atoms with Crippen LogP contribution >= 0.6 is 11.6 Å². The maximum atomic E-state index is 11.1. The average molecular weight is 209 g/mol. The molecule has 14 heavy (non-hydrogen) atoms. The molecule has 0 heterocycles. The molecule has 0 N–H and O–H groups in total. The zero-order valence-corrected chi connectivity index (χ0v) is 8.20. The molecule has 2 nitrogen and oxygen atoms in total. The summed E-state index contributed by atoms with van der Waals surface area (Å²) in [4.78, 5) is 21.2. The Kier molecular flexibility index (Phi) is 4.08. The molecule has 72 valence electrons. The van der Waals surface area contributed by atoms with E-state index in [2.05, 4.69) is 0 Å². The molecule has 0 aliphatic heterocycles. The van der Waals surface area contributed by atoms with Gasteiger partial charge in [0, 0.05) is 5.56 Å². The third-order valence-electron chi connectivity index (χ3n) is 1.72. The van der Waals surface area contributed by atoms with E-state index in [-0.39, 0.29) is 11.7 Å². The van der Waals surface area contributed by atoms with Crippen LogP contribution in [0.15, 0.2) is 30.3 Å². The fourth-order valence-corrected chi connectivity index (χ4v) is 1.16. The zero-order valence-electron chi connectivity index (χ0n) is 7.44. The lowest BCUT2D eigenvalue weighted by Crippen LogP contribution is -1.99. The molecular formula is C11H9ClO2. The minimum absolute atomic E-state index is 0.0104. The predicted molar refractivity (Wildman–Crippen MR) is 56.6 cm³/mol. The summed E-state index contributed by atoms with van der Waals surface area (Å²) in [7, 11) is 0. The second-order valence-corrected chi connectivity index (χ2v) is 2.94. The number of aldehydes is 1. The number of allylic oxidation sites excluding steroid dienone is 1. The van der Waals surface area contributed by atoms with Gasteiger partial charge in [-0.1, -0.05) is 30.3 Å². The standard InChI is InChI=1S/C11H9ClO2/c12-8-11(14)10-5-3-9(4-6-10)2-1-7-13/h1-7H,8H2. The Balaban J connectivity index is 2.83. The molecule has 0 unspecified atom stereocenters. The minimum Gasteiger partial charge on any atom is -0.299 e. The maximum Gasteiger partial charge on any atom is 0.177 e. The molecule has 3 heteroatoms. The van der Waals surface area contributed by atoms with Crippen LogP contribution in [0.25, 0.3) is 6.08 Å². The van der Waals surface area contributed by atoms with E-state index in [4.69, 9.17) is 11.6 Å². The van der Waals surface area contributed by atoms with Gasteiger partial charge < -0.3 is 0 Å². The molecule has 0 bridgehead atoms. The van der Waals surface area contributed by atoms with Crippen LogP contribution in [0, 0.1) is 0 Å². The quantitative estimate of drug-likeness (QED) is 0.329. The first-order valence-corrected chi connectivity index (χ1v) is 4.62. The summed E-state index contributed by atoms with van der Waals surface area (Å²) >= 11 is 5.40. The van der Waals surface area contributed by atoms with Gasteiger partial charge in [0.1, 0.15) is 6.29 Å². The van der Waals surface area contributed by atoms with E-state index in [0.29, 0.717) is 11.8 Å². The molecule has 0 saturated heterocycles. The van der Waals surface area contributed by atoms with E-state index in [9.17, 15) is 9.59 Å². The number of hydrogen-bond donors (Lipinski definition) is 0. The van der Waals surface area contributed by atoms with Crippen LogP contribution in [0.5, 0.6) is 0 Å². The molecule has 0 fully saturated rings. The SMILES string of the molecule is O=CC=Cc1ccc(C(=O)CCl)cc1. The van der Waals surface area contributed by atoms with Crippen molar-refractivity contribution in [2.75, 3.05) is 5.88 Å². The monoisotopic (exact) mass is 208 g/mol. The summed E-state index contributed by atoms with van der Waals surface area (Å²) < 4.78 is 0. The van der Waals surface area contributed by atoms with Crippen molar-refractivity contribution in [2.24, 2.45) is 0 Å². The first-order chi connectivity index (χ1) is 6.77. The van der Waals surface area contributed by atoms with Crippen LogP contribution < -0.4 is 0 Å². The van der Waals surface area contributed by atoms with Gasteiger partial charge in [-0.2, -0.15) is 0 Å². The van der Waals surface area contributed by atoms with Gasteiger partial charge in [-0.25, -0.2) is 0 Å². The van der Waals surface area contributed by atoms with Crippen molar-refractivity contribution < 1.29 is 9.59 Å². The Bertz CT molecular complexity index is 352. The molecule has 0 spiro atoms. The van der Waals surface area contributed by atoms with E-state index in [1.165, 1.54) is 6.08 Å². The number of rotatable bonds is 4. The molecule has 0 aliphatic rings. The molecule has 0 atom stereocenters. The lowest BCUT2D eigenvalue weighted by molar-refractivity contribution is -0.104. The van der Waals surface area contributed by atoms with E-state index in [0.717, 1.165) is 5.56 Å². The molecule has 0 saturated carbocycles. The molecule has 1 rings (SSSR count). The van der Waals surface area contributed by atoms with Crippen molar-refractivity contribution in [1.29, 1.82) is 0 Å². The largest absolute Gasteiger partial charge is 0.299 e. The first-order valence-electron chi connectivity index (χ1n) is 4.09. The maximum absolute atomic E-state index is 11.1. The van der Waals surface area contributed by atoms with Gasteiger partial charge in [0.15, 0.2) is 5.78 Å². The normalized spacial score (nSPS) is 10.4. The van der Waals surface area contributed by atoms with Crippen molar-refractivity contribution in [2.45, 2.75) is 0 Å². The Morgan fingerprint density at radius 3 is 2.43 bits per heavy atom. The summed E-state index contributed by atoms with van der Waals surface area (Å²) in [6.45, 7) is 0. The summed E-state index contributed by atoms with van der Waals surface area (Å²) in [5.41, 5.74) is 1.46. The lowest BCUT2D eigenvalue weighted by atomic mass is 10.1. The summed E-state index contributed by atoms with van der Waals surface area (Å²) in [5, 5.41) is 0. The molecule has 1 aromatic carbocycles. The zero-order chi connectivity index (χ0) is 10.4. The number of benzene rings is 1. The third-order valence-corrected chi connectivity index (χ3v) is 1.96. The highest BCUT2D eigenvalue weighted by atomic mass is 35.5. The molecule has 0 aromatic heterocycles. The highest BCUT2D eigenvalue weighted by Gasteiger charge is 2.01. The van der Waals surface area contributed by atoms with E-state index in [1.54, 1.807) is 30.3 Å². The molecule has 1 aromatic rings. The summed E-state index contributed by atoms with van der Waals surface area (Å²) in [6, 6.07) is 6.91. The Labute approximate surface area is 87.2 Å². The number of carbonyl (C=O) groups is 2. The smallest absolute Gasteiger partial charge is 0.177 e.